The van der Waals surface area contributed by atoms with Crippen molar-refractivity contribution in [1.29, 1.82) is 0 Å². The maximum Gasteiger partial charge on any atom is 0.240 e. The molecule has 0 aliphatic rings. The predicted octanol–water partition coefficient (Wildman–Crippen LogP) is 4.29. The Kier molecular flexibility index (Phi) is 6.84. The molecule has 0 unspecified atom stereocenters. The Morgan fingerprint density at radius 1 is 1.00 bits per heavy atom. The first kappa shape index (κ1) is 20.5. The van der Waals surface area contributed by atoms with Gasteiger partial charge >= 0.3 is 0 Å². The largest absolute Gasteiger partial charge is 0.494 e. The highest BCUT2D eigenvalue weighted by Crippen LogP contribution is 2.27. The lowest BCUT2D eigenvalue weighted by atomic mass is 9.82. The summed E-state index contributed by atoms with van der Waals surface area (Å²) in [6.45, 7) is 9.29. The van der Waals surface area contributed by atoms with Crippen molar-refractivity contribution in [3.63, 3.8) is 0 Å². The van der Waals surface area contributed by atoms with Gasteiger partial charge in [-0.05, 0) is 54.5 Å². The molecule has 2 rings (SSSR count). The minimum Gasteiger partial charge on any atom is -0.494 e. The summed E-state index contributed by atoms with van der Waals surface area (Å²) in [4.78, 5) is 0.297. The van der Waals surface area contributed by atoms with Crippen LogP contribution in [0, 0.1) is 0 Å². The van der Waals surface area contributed by atoms with Gasteiger partial charge < -0.3 is 4.74 Å². The summed E-state index contributed by atoms with van der Waals surface area (Å²) in [5.41, 5.74) is 2.18. The summed E-state index contributed by atoms with van der Waals surface area (Å²) >= 11 is 0. The maximum atomic E-state index is 12.5. The van der Waals surface area contributed by atoms with Crippen LogP contribution in [0.2, 0.25) is 0 Å². The molecule has 0 spiro atoms. The van der Waals surface area contributed by atoms with Crippen LogP contribution in [0.4, 0.5) is 0 Å². The van der Waals surface area contributed by atoms with Crippen molar-refractivity contribution in [2.75, 3.05) is 13.2 Å². The quantitative estimate of drug-likeness (QED) is 0.711. The van der Waals surface area contributed by atoms with E-state index >= 15 is 0 Å². The molecule has 0 radical (unpaired) electrons. The number of nitrogens with one attached hydrogen (secondary N) is 1. The Labute approximate surface area is 157 Å². The molecule has 0 heterocycles. The van der Waals surface area contributed by atoms with Gasteiger partial charge in [0.15, 0.2) is 0 Å². The second kappa shape index (κ2) is 8.69. The third-order valence-electron chi connectivity index (χ3n) is 4.79. The second-order valence-corrected chi connectivity index (χ2v) is 8.72. The van der Waals surface area contributed by atoms with Gasteiger partial charge in [-0.25, -0.2) is 13.1 Å². The van der Waals surface area contributed by atoms with Crippen LogP contribution in [0.5, 0.6) is 5.75 Å². The topological polar surface area (TPSA) is 55.4 Å². The third kappa shape index (κ3) is 5.08. The van der Waals surface area contributed by atoms with Gasteiger partial charge in [0, 0.05) is 6.54 Å². The van der Waals surface area contributed by atoms with Gasteiger partial charge in [-0.15, -0.1) is 0 Å². The molecule has 0 bridgehead atoms. The molecule has 5 heteroatoms. The van der Waals surface area contributed by atoms with Crippen LogP contribution in [0.25, 0.3) is 0 Å². The van der Waals surface area contributed by atoms with Crippen molar-refractivity contribution in [1.82, 2.24) is 4.72 Å². The average Bonchev–Trinajstić information content (AvgIpc) is 2.63. The predicted molar refractivity (Wildman–Crippen MR) is 106 cm³/mol. The standard InChI is InChI=1S/C21H29NO3S/c1-5-21(3,4)18-11-13-19(14-12-18)26(23,24)22-16-15-17-9-7-8-10-20(17)25-6-2/h7-14,22H,5-6,15-16H2,1-4H3. The smallest absolute Gasteiger partial charge is 0.240 e. The number of rotatable bonds is 9. The molecule has 142 valence electrons. The first-order valence-electron chi connectivity index (χ1n) is 9.11. The van der Waals surface area contributed by atoms with E-state index in [1.807, 2.05) is 43.3 Å². The van der Waals surface area contributed by atoms with Crippen LogP contribution in [-0.4, -0.2) is 21.6 Å². The zero-order valence-corrected chi connectivity index (χ0v) is 16.9. The van der Waals surface area contributed by atoms with Crippen molar-refractivity contribution in [2.45, 2.75) is 50.8 Å². The van der Waals surface area contributed by atoms with Crippen LogP contribution < -0.4 is 9.46 Å². The molecular weight excluding hydrogens is 346 g/mol. The molecule has 2 aromatic carbocycles. The summed E-state index contributed by atoms with van der Waals surface area (Å²) in [5.74, 6) is 0.806. The second-order valence-electron chi connectivity index (χ2n) is 6.95. The summed E-state index contributed by atoms with van der Waals surface area (Å²) in [6.07, 6.45) is 1.58. The molecule has 0 saturated heterocycles. The highest BCUT2D eigenvalue weighted by molar-refractivity contribution is 7.89. The molecule has 0 aliphatic carbocycles. The van der Waals surface area contributed by atoms with Crippen molar-refractivity contribution >= 4 is 10.0 Å². The molecular formula is C21H29NO3S. The van der Waals surface area contributed by atoms with Crippen LogP contribution in [0.1, 0.15) is 45.2 Å². The summed E-state index contributed by atoms with van der Waals surface area (Å²) < 4.78 is 33.3. The minimum absolute atomic E-state index is 0.0404. The van der Waals surface area contributed by atoms with Gasteiger partial charge in [0.25, 0.3) is 0 Å². The maximum absolute atomic E-state index is 12.5. The molecule has 0 saturated carbocycles. The van der Waals surface area contributed by atoms with Crippen LogP contribution in [0.3, 0.4) is 0 Å². The monoisotopic (exact) mass is 375 g/mol. The Balaban J connectivity index is 2.03. The first-order valence-corrected chi connectivity index (χ1v) is 10.6. The lowest BCUT2D eigenvalue weighted by Gasteiger charge is -2.23. The number of sulfonamides is 1. The number of hydrogen-bond acceptors (Lipinski definition) is 3. The normalized spacial score (nSPS) is 12.2. The molecule has 4 nitrogen and oxygen atoms in total. The summed E-state index contributed by atoms with van der Waals surface area (Å²) in [6, 6.07) is 14.9. The average molecular weight is 376 g/mol. The number of ether oxygens (including phenoxy) is 1. The first-order chi connectivity index (χ1) is 12.3. The van der Waals surface area contributed by atoms with Gasteiger partial charge in [-0.2, -0.15) is 0 Å². The Morgan fingerprint density at radius 3 is 2.27 bits per heavy atom. The van der Waals surface area contributed by atoms with E-state index in [2.05, 4.69) is 25.5 Å². The van der Waals surface area contributed by atoms with Gasteiger partial charge in [0.1, 0.15) is 5.75 Å². The van der Waals surface area contributed by atoms with Crippen LogP contribution >= 0.6 is 0 Å². The summed E-state index contributed by atoms with van der Waals surface area (Å²) in [5, 5.41) is 0. The molecule has 2 aromatic rings. The van der Waals surface area contributed by atoms with E-state index in [0.717, 1.165) is 23.3 Å². The molecule has 0 atom stereocenters. The van der Waals surface area contributed by atoms with E-state index in [4.69, 9.17) is 4.74 Å². The molecule has 1 N–H and O–H groups in total. The lowest BCUT2D eigenvalue weighted by Crippen LogP contribution is -2.26. The Morgan fingerprint density at radius 2 is 1.65 bits per heavy atom. The Hall–Kier alpha value is -1.85. The molecule has 0 fully saturated rings. The fraction of sp³-hybridized carbons (Fsp3) is 0.429. The number of hydrogen-bond donors (Lipinski definition) is 1. The van der Waals surface area contributed by atoms with E-state index in [-0.39, 0.29) is 5.41 Å². The zero-order chi connectivity index (χ0) is 19.2. The molecule has 0 amide bonds. The van der Waals surface area contributed by atoms with Gasteiger partial charge in [-0.1, -0.05) is 51.1 Å². The van der Waals surface area contributed by atoms with Crippen molar-refractivity contribution < 1.29 is 13.2 Å². The minimum atomic E-state index is -3.52. The van der Waals surface area contributed by atoms with E-state index in [9.17, 15) is 8.42 Å². The third-order valence-corrected chi connectivity index (χ3v) is 6.27. The van der Waals surface area contributed by atoms with Gasteiger partial charge in [-0.3, -0.25) is 0 Å². The van der Waals surface area contributed by atoms with E-state index < -0.39 is 10.0 Å². The van der Waals surface area contributed by atoms with E-state index in [0.29, 0.717) is 24.5 Å². The Bertz CT molecular complexity index is 811. The fourth-order valence-corrected chi connectivity index (χ4v) is 3.73. The highest BCUT2D eigenvalue weighted by atomic mass is 32.2. The highest BCUT2D eigenvalue weighted by Gasteiger charge is 2.20. The molecule has 0 aliphatic heterocycles. The van der Waals surface area contributed by atoms with Crippen molar-refractivity contribution in [2.24, 2.45) is 0 Å². The van der Waals surface area contributed by atoms with Crippen molar-refractivity contribution in [3.05, 3.63) is 59.7 Å². The molecule has 26 heavy (non-hydrogen) atoms. The van der Waals surface area contributed by atoms with Gasteiger partial charge in [0.2, 0.25) is 10.0 Å². The number of para-hydroxylation sites is 1. The summed E-state index contributed by atoms with van der Waals surface area (Å²) in [7, 11) is -3.52. The van der Waals surface area contributed by atoms with Gasteiger partial charge in [0.05, 0.1) is 11.5 Å². The lowest BCUT2D eigenvalue weighted by molar-refractivity contribution is 0.336. The van der Waals surface area contributed by atoms with Crippen LogP contribution in [-0.2, 0) is 21.9 Å². The van der Waals surface area contributed by atoms with Crippen molar-refractivity contribution in [3.8, 4) is 5.75 Å². The molecule has 0 aromatic heterocycles. The zero-order valence-electron chi connectivity index (χ0n) is 16.1. The number of benzene rings is 2. The fourth-order valence-electron chi connectivity index (χ4n) is 2.70. The van der Waals surface area contributed by atoms with E-state index in [1.165, 1.54) is 0 Å². The SMILES string of the molecule is CCOc1ccccc1CCNS(=O)(=O)c1ccc(C(C)(C)CC)cc1. The van der Waals surface area contributed by atoms with Crippen LogP contribution in [0.15, 0.2) is 53.4 Å². The van der Waals surface area contributed by atoms with E-state index in [1.54, 1.807) is 12.1 Å².